The summed E-state index contributed by atoms with van der Waals surface area (Å²) >= 11 is 5.90. The molecule has 0 aliphatic rings. The fourth-order valence-electron chi connectivity index (χ4n) is 2.98. The third-order valence-corrected chi connectivity index (χ3v) is 4.65. The molecule has 0 bridgehead atoms. The molecule has 0 radical (unpaired) electrons. The minimum atomic E-state index is -0.920. The first kappa shape index (κ1) is 20.1. The molecule has 3 aromatic carbocycles. The molecule has 0 spiro atoms. The van der Waals surface area contributed by atoms with E-state index in [0.29, 0.717) is 0 Å². The molecular formula is C22H13ClO8. The van der Waals surface area contributed by atoms with Gasteiger partial charge in [0.05, 0.1) is 5.56 Å². The summed E-state index contributed by atoms with van der Waals surface area (Å²) in [6.07, 6.45) is 0. The van der Waals surface area contributed by atoms with Crippen LogP contribution in [0.3, 0.4) is 0 Å². The largest absolute Gasteiger partial charge is 0.508 e. The first-order valence-electron chi connectivity index (χ1n) is 8.77. The van der Waals surface area contributed by atoms with Crippen molar-refractivity contribution in [2.24, 2.45) is 0 Å². The summed E-state index contributed by atoms with van der Waals surface area (Å²) in [4.78, 5) is 25.8. The van der Waals surface area contributed by atoms with Gasteiger partial charge in [-0.05, 0) is 36.4 Å². The predicted octanol–water partition coefficient (Wildman–Crippen LogP) is 4.16. The Morgan fingerprint density at radius 1 is 0.903 bits per heavy atom. The third-order valence-electron chi connectivity index (χ3n) is 4.41. The molecule has 0 saturated carbocycles. The van der Waals surface area contributed by atoms with Gasteiger partial charge in [0, 0.05) is 22.7 Å². The van der Waals surface area contributed by atoms with Crippen LogP contribution in [0.2, 0.25) is 5.02 Å². The highest BCUT2D eigenvalue weighted by molar-refractivity contribution is 6.30. The summed E-state index contributed by atoms with van der Waals surface area (Å²) < 4.78 is 11.0. The average molecular weight is 441 g/mol. The molecular weight excluding hydrogens is 428 g/mol. The minimum Gasteiger partial charge on any atom is -0.508 e. The zero-order valence-electron chi connectivity index (χ0n) is 15.5. The standard InChI is InChI=1S/C22H13ClO8/c23-12-3-1-2-11(6-12)22(29)31-21-19(28)18-16(27)8-13(24)9-17(18)30-20(21)10-4-5-14(25)15(26)7-10/h1-9,24-27H. The van der Waals surface area contributed by atoms with Crippen LogP contribution >= 0.6 is 11.6 Å². The van der Waals surface area contributed by atoms with Crippen molar-refractivity contribution in [1.82, 2.24) is 0 Å². The van der Waals surface area contributed by atoms with Crippen LogP contribution in [-0.4, -0.2) is 26.4 Å². The Labute approximate surface area is 178 Å². The van der Waals surface area contributed by atoms with E-state index in [0.717, 1.165) is 24.3 Å². The summed E-state index contributed by atoms with van der Waals surface area (Å²) in [5.74, 6) is -3.63. The van der Waals surface area contributed by atoms with Crippen LogP contribution in [0, 0.1) is 0 Å². The van der Waals surface area contributed by atoms with Gasteiger partial charge in [-0.1, -0.05) is 17.7 Å². The highest BCUT2D eigenvalue weighted by atomic mass is 35.5. The van der Waals surface area contributed by atoms with Crippen molar-refractivity contribution in [1.29, 1.82) is 0 Å². The van der Waals surface area contributed by atoms with Crippen LogP contribution in [-0.2, 0) is 0 Å². The zero-order valence-corrected chi connectivity index (χ0v) is 16.3. The van der Waals surface area contributed by atoms with Crippen LogP contribution < -0.4 is 10.2 Å². The summed E-state index contributed by atoms with van der Waals surface area (Å²) in [6.45, 7) is 0. The molecule has 0 saturated heterocycles. The summed E-state index contributed by atoms with van der Waals surface area (Å²) in [6, 6.07) is 11.4. The molecule has 0 amide bonds. The van der Waals surface area contributed by atoms with Gasteiger partial charge in [0.2, 0.25) is 11.2 Å². The van der Waals surface area contributed by atoms with Crippen LogP contribution in [0.1, 0.15) is 10.4 Å². The lowest BCUT2D eigenvalue weighted by Gasteiger charge is -2.12. The predicted molar refractivity (Wildman–Crippen MR) is 111 cm³/mol. The third kappa shape index (κ3) is 3.72. The molecule has 0 atom stereocenters. The topological polar surface area (TPSA) is 137 Å². The lowest BCUT2D eigenvalue weighted by Crippen LogP contribution is -2.16. The van der Waals surface area contributed by atoms with Crippen molar-refractivity contribution in [2.45, 2.75) is 0 Å². The van der Waals surface area contributed by atoms with E-state index >= 15 is 0 Å². The first-order valence-corrected chi connectivity index (χ1v) is 9.15. The molecule has 8 nitrogen and oxygen atoms in total. The summed E-state index contributed by atoms with van der Waals surface area (Å²) in [5, 5.41) is 39.2. The van der Waals surface area contributed by atoms with Crippen LogP contribution in [0.15, 0.2) is 63.8 Å². The zero-order chi connectivity index (χ0) is 22.3. The number of ether oxygens (including phenoxy) is 1. The highest BCUT2D eigenvalue weighted by Crippen LogP contribution is 2.38. The lowest BCUT2D eigenvalue weighted by molar-refractivity contribution is 0.0731. The van der Waals surface area contributed by atoms with E-state index < -0.39 is 34.4 Å². The Morgan fingerprint density at radius 2 is 1.68 bits per heavy atom. The molecule has 1 aromatic heterocycles. The first-order chi connectivity index (χ1) is 14.7. The highest BCUT2D eigenvalue weighted by Gasteiger charge is 2.24. The molecule has 9 heteroatoms. The molecule has 4 rings (SSSR count). The molecule has 0 fully saturated rings. The number of rotatable bonds is 3. The summed E-state index contributed by atoms with van der Waals surface area (Å²) in [7, 11) is 0. The fourth-order valence-corrected chi connectivity index (χ4v) is 3.17. The fraction of sp³-hybridized carbons (Fsp3) is 0. The monoisotopic (exact) mass is 440 g/mol. The van der Waals surface area contributed by atoms with Crippen molar-refractivity contribution < 1.29 is 34.4 Å². The molecule has 0 aliphatic heterocycles. The van der Waals surface area contributed by atoms with Gasteiger partial charge >= 0.3 is 5.97 Å². The maximum Gasteiger partial charge on any atom is 0.343 e. The summed E-state index contributed by atoms with van der Waals surface area (Å²) in [5.41, 5.74) is -0.934. The Balaban J connectivity index is 1.96. The van der Waals surface area contributed by atoms with Crippen LogP contribution in [0.5, 0.6) is 28.7 Å². The molecule has 31 heavy (non-hydrogen) atoms. The van der Waals surface area contributed by atoms with Gasteiger partial charge in [-0.2, -0.15) is 0 Å². The lowest BCUT2D eigenvalue weighted by atomic mass is 10.1. The molecule has 0 unspecified atom stereocenters. The van der Waals surface area contributed by atoms with Gasteiger partial charge in [-0.3, -0.25) is 4.79 Å². The number of phenolic OH excluding ortho intramolecular Hbond substituents is 4. The average Bonchev–Trinajstić information content (AvgIpc) is 2.71. The van der Waals surface area contributed by atoms with Gasteiger partial charge in [0.15, 0.2) is 17.3 Å². The number of carbonyl (C=O) groups is 1. The van der Waals surface area contributed by atoms with Crippen LogP contribution in [0.25, 0.3) is 22.3 Å². The number of fused-ring (bicyclic) bond motifs is 1. The van der Waals surface area contributed by atoms with Crippen molar-refractivity contribution >= 4 is 28.5 Å². The molecule has 156 valence electrons. The van der Waals surface area contributed by atoms with E-state index in [9.17, 15) is 30.0 Å². The molecule has 4 aromatic rings. The van der Waals surface area contributed by atoms with E-state index in [1.54, 1.807) is 6.07 Å². The van der Waals surface area contributed by atoms with E-state index in [1.807, 2.05) is 0 Å². The second-order valence-electron chi connectivity index (χ2n) is 6.53. The second kappa shape index (κ2) is 7.58. The van der Waals surface area contributed by atoms with Crippen molar-refractivity contribution in [2.75, 3.05) is 0 Å². The SMILES string of the molecule is O=C(Oc1c(-c2ccc(O)c(O)c2)oc2cc(O)cc(O)c2c1=O)c1cccc(Cl)c1. The second-order valence-corrected chi connectivity index (χ2v) is 6.97. The number of benzene rings is 3. The van der Waals surface area contributed by atoms with Gasteiger partial charge in [-0.15, -0.1) is 0 Å². The molecule has 1 heterocycles. The molecule has 4 N–H and O–H groups in total. The number of halogens is 1. The van der Waals surface area contributed by atoms with Gasteiger partial charge in [0.25, 0.3) is 0 Å². The Hall–Kier alpha value is -4.17. The van der Waals surface area contributed by atoms with Crippen molar-refractivity contribution in [3.63, 3.8) is 0 Å². The number of esters is 1. The normalized spacial score (nSPS) is 10.9. The Morgan fingerprint density at radius 3 is 2.39 bits per heavy atom. The maximum absolute atomic E-state index is 13.1. The Kier molecular flexibility index (Phi) is 4.92. The van der Waals surface area contributed by atoms with Gasteiger partial charge in [0.1, 0.15) is 22.5 Å². The number of aromatic hydroxyl groups is 4. The van der Waals surface area contributed by atoms with E-state index in [2.05, 4.69) is 0 Å². The molecule has 0 aliphatic carbocycles. The number of carbonyl (C=O) groups excluding carboxylic acids is 1. The van der Waals surface area contributed by atoms with E-state index in [1.165, 1.54) is 24.3 Å². The quantitative estimate of drug-likeness (QED) is 0.275. The van der Waals surface area contributed by atoms with Crippen molar-refractivity contribution in [3.05, 3.63) is 75.4 Å². The smallest absolute Gasteiger partial charge is 0.343 e. The van der Waals surface area contributed by atoms with Gasteiger partial charge < -0.3 is 29.6 Å². The minimum absolute atomic E-state index is 0.0569. The maximum atomic E-state index is 13.1. The van der Waals surface area contributed by atoms with Gasteiger partial charge in [-0.25, -0.2) is 4.79 Å². The van der Waals surface area contributed by atoms with E-state index in [-0.39, 0.29) is 38.6 Å². The van der Waals surface area contributed by atoms with Crippen LogP contribution in [0.4, 0.5) is 0 Å². The number of hydrogen-bond donors (Lipinski definition) is 4. The Bertz CT molecular complexity index is 1410. The number of phenols is 4. The number of hydrogen-bond acceptors (Lipinski definition) is 8. The van der Waals surface area contributed by atoms with Crippen molar-refractivity contribution in [3.8, 4) is 40.1 Å². The van der Waals surface area contributed by atoms with E-state index in [4.69, 9.17) is 20.8 Å².